The van der Waals surface area contributed by atoms with Gasteiger partial charge in [0.2, 0.25) is 0 Å². The Bertz CT molecular complexity index is 606. The van der Waals surface area contributed by atoms with Crippen LogP contribution in [-0.2, 0) is 14.6 Å². The number of nitrogens with zero attached hydrogens (tertiary/aromatic N) is 2. The minimum Gasteiger partial charge on any atom is -0.416 e. The zero-order valence-corrected chi connectivity index (χ0v) is 17.4. The van der Waals surface area contributed by atoms with Crippen molar-refractivity contribution in [1.82, 2.24) is 4.98 Å². The smallest absolute Gasteiger partial charge is 0.330 e. The Morgan fingerprint density at radius 3 is 2.74 bits per heavy atom. The van der Waals surface area contributed by atoms with Crippen LogP contribution in [0.15, 0.2) is 16.7 Å². The fraction of sp³-hybridized carbons (Fsp3) is 0.625. The molecule has 1 aromatic heterocycles. The van der Waals surface area contributed by atoms with Crippen molar-refractivity contribution in [2.75, 3.05) is 18.0 Å². The summed E-state index contributed by atoms with van der Waals surface area (Å²) < 4.78 is 7.42. The summed E-state index contributed by atoms with van der Waals surface area (Å²) in [6.45, 7) is 14.8. The summed E-state index contributed by atoms with van der Waals surface area (Å²) in [5, 5.41) is 0.176. The van der Waals surface area contributed by atoms with Crippen molar-refractivity contribution >= 4 is 43.7 Å². The Kier molecular flexibility index (Phi) is 5.14. The van der Waals surface area contributed by atoms with Crippen LogP contribution in [0.4, 0.5) is 5.82 Å². The van der Waals surface area contributed by atoms with Crippen molar-refractivity contribution in [3.8, 4) is 0 Å². The molecule has 2 heterocycles. The molecule has 0 aromatic carbocycles. The largest absolute Gasteiger partial charge is 0.416 e. The van der Waals surface area contributed by atoms with Gasteiger partial charge in [0.05, 0.1) is 0 Å². The first kappa shape index (κ1) is 18.7. The van der Waals surface area contributed by atoms with Crippen molar-refractivity contribution < 1.29 is 9.22 Å². The first-order chi connectivity index (χ1) is 10.5. The average molecular weight is 396 g/mol. The Balaban J connectivity index is 2.28. The van der Waals surface area contributed by atoms with Gasteiger partial charge in [-0.15, -0.1) is 0 Å². The lowest BCUT2D eigenvalue weighted by Gasteiger charge is -2.39. The fourth-order valence-electron chi connectivity index (χ4n) is 2.52. The van der Waals surface area contributed by atoms with Crippen molar-refractivity contribution in [1.29, 1.82) is 0 Å². The number of fused-ring (bicyclic) bond motifs is 1. The summed E-state index contributed by atoms with van der Waals surface area (Å²) in [6.07, 6.45) is 2.58. The molecule has 1 unspecified atom stereocenters. The van der Waals surface area contributed by atoms with Crippen LogP contribution in [0.3, 0.4) is 0 Å². The van der Waals surface area contributed by atoms with E-state index in [1.807, 2.05) is 4.81 Å². The lowest BCUT2D eigenvalue weighted by Crippen LogP contribution is -2.46. The van der Waals surface area contributed by atoms with Gasteiger partial charge < -0.3 is 14.0 Å². The molecule has 1 aliphatic rings. The fourth-order valence-corrected chi connectivity index (χ4v) is 3.96. The number of rotatable bonds is 5. The van der Waals surface area contributed by atoms with Crippen molar-refractivity contribution in [3.63, 3.8) is 0 Å². The first-order valence-electron chi connectivity index (χ1n) is 7.85. The number of anilines is 1. The quantitative estimate of drug-likeness (QED) is 0.562. The van der Waals surface area contributed by atoms with Gasteiger partial charge in [-0.2, -0.15) is 0 Å². The van der Waals surface area contributed by atoms with E-state index in [9.17, 15) is 4.79 Å². The zero-order chi connectivity index (χ0) is 17.5. The predicted molar refractivity (Wildman–Crippen MR) is 102 cm³/mol. The van der Waals surface area contributed by atoms with Gasteiger partial charge in [0, 0.05) is 34.8 Å². The monoisotopic (exact) mass is 395 g/mol. The van der Waals surface area contributed by atoms with Crippen LogP contribution < -0.4 is 4.81 Å². The molecule has 0 saturated carbocycles. The van der Waals surface area contributed by atoms with E-state index in [2.05, 4.69) is 67.8 Å². The molecule has 1 aromatic rings. The maximum absolute atomic E-state index is 10.9. The summed E-state index contributed by atoms with van der Waals surface area (Å²) >= 11 is 3.50. The van der Waals surface area contributed by atoms with E-state index in [0.717, 1.165) is 22.0 Å². The molecule has 4 nitrogen and oxygen atoms in total. The third kappa shape index (κ3) is 3.72. The normalized spacial score (nSPS) is 21.3. The average Bonchev–Trinajstić information content (AvgIpc) is 2.69. The lowest BCUT2D eigenvalue weighted by atomic mass is 9.86. The second kappa shape index (κ2) is 6.33. The highest BCUT2D eigenvalue weighted by atomic mass is 79.9. The number of carbonyl (C=O) groups is 1. The molecule has 0 spiro atoms. The predicted octanol–water partition coefficient (Wildman–Crippen LogP) is 3.75. The molecule has 23 heavy (non-hydrogen) atoms. The summed E-state index contributed by atoms with van der Waals surface area (Å²) in [5.41, 5.74) is 0.949. The molecule has 0 N–H and O–H groups in total. The van der Waals surface area contributed by atoms with Gasteiger partial charge in [-0.25, -0.2) is 4.98 Å². The highest BCUT2D eigenvalue weighted by Gasteiger charge is 2.44. The van der Waals surface area contributed by atoms with E-state index in [4.69, 9.17) is 4.43 Å². The minimum absolute atomic E-state index is 0.176. The van der Waals surface area contributed by atoms with Gasteiger partial charge in [-0.1, -0.05) is 27.7 Å². The van der Waals surface area contributed by atoms with Gasteiger partial charge in [-0.3, -0.25) is 0 Å². The molecule has 0 aliphatic carbocycles. The van der Waals surface area contributed by atoms with Gasteiger partial charge in [0.25, 0.3) is 0 Å². The highest BCUT2D eigenvalue weighted by molar-refractivity contribution is 9.10. The third-order valence-electron chi connectivity index (χ3n) is 5.07. The molecule has 1 radical (unpaired) electrons. The number of pyridine rings is 1. The van der Waals surface area contributed by atoms with Crippen LogP contribution in [0.5, 0.6) is 0 Å². The number of hydrogen-bond donors (Lipinski definition) is 0. The van der Waals surface area contributed by atoms with E-state index in [0.29, 0.717) is 13.2 Å². The summed E-state index contributed by atoms with van der Waals surface area (Å²) in [6, 6.07) is 2.09. The highest BCUT2D eigenvalue weighted by Crippen LogP contribution is 2.43. The van der Waals surface area contributed by atoms with Gasteiger partial charge in [0.1, 0.15) is 12.0 Å². The second-order valence-corrected chi connectivity index (χ2v) is 13.8. The third-order valence-corrected chi connectivity index (χ3v) is 9.99. The first-order valence-corrected chi connectivity index (χ1v) is 11.6. The van der Waals surface area contributed by atoms with Crippen LogP contribution in [0.1, 0.15) is 33.3 Å². The summed E-state index contributed by atoms with van der Waals surface area (Å²) in [4.78, 5) is 17.4. The molecule has 1 atom stereocenters. The van der Waals surface area contributed by atoms with E-state index in [1.165, 1.54) is 0 Å². The molecule has 0 amide bonds. The Morgan fingerprint density at radius 2 is 2.17 bits per heavy atom. The zero-order valence-electron chi connectivity index (χ0n) is 14.8. The van der Waals surface area contributed by atoms with Crippen LogP contribution in [-0.4, -0.2) is 40.1 Å². The Hall–Kier alpha value is -0.658. The molecule has 0 bridgehead atoms. The molecule has 7 heteroatoms. The topological polar surface area (TPSA) is 42.4 Å². The molecule has 1 aliphatic heterocycles. The summed E-state index contributed by atoms with van der Waals surface area (Å²) in [5.74, 6) is 0.849. The lowest BCUT2D eigenvalue weighted by molar-refractivity contribution is 0.219. The number of halogens is 1. The maximum Gasteiger partial charge on any atom is 0.330 e. The second-order valence-electron chi connectivity index (χ2n) is 8.05. The van der Waals surface area contributed by atoms with E-state index in [-0.39, 0.29) is 10.5 Å². The molecule has 125 valence electrons. The van der Waals surface area contributed by atoms with Gasteiger partial charge in [0.15, 0.2) is 8.32 Å². The van der Waals surface area contributed by atoms with Crippen LogP contribution in [0.2, 0.25) is 18.1 Å². The molecule has 2 rings (SSSR count). The van der Waals surface area contributed by atoms with E-state index >= 15 is 0 Å². The van der Waals surface area contributed by atoms with Gasteiger partial charge >= 0.3 is 7.41 Å². The molecular weight excluding hydrogens is 371 g/mol. The van der Waals surface area contributed by atoms with Crippen molar-refractivity contribution in [3.05, 3.63) is 22.3 Å². The minimum atomic E-state index is -1.83. The molecule has 0 fully saturated rings. The molecular formula is C16H25BBrN2O2Si. The SMILES string of the molecule is CC1(CO[Si](C)(C)C(C)(C)C)CN([B]C=O)c2ncc(Br)cc21. The van der Waals surface area contributed by atoms with Gasteiger partial charge in [-0.05, 0) is 40.1 Å². The number of hydrogen-bond acceptors (Lipinski definition) is 4. The Labute approximate surface area is 149 Å². The number of carbonyl (C=O) groups excluding carboxylic acids is 1. The standard InChI is InChI=1S/C16H25BBrN2O2Si/c1-15(2,3)23(5,6)22-10-16(4)9-20(17-11-21)14-13(16)7-12(18)8-19-14/h7-8,11H,9-10H2,1-6H3. The van der Waals surface area contributed by atoms with Crippen LogP contribution >= 0.6 is 15.9 Å². The van der Waals surface area contributed by atoms with Crippen molar-refractivity contribution in [2.45, 2.75) is 51.2 Å². The van der Waals surface area contributed by atoms with E-state index in [1.54, 1.807) is 13.6 Å². The van der Waals surface area contributed by atoms with Crippen LogP contribution in [0.25, 0.3) is 0 Å². The van der Waals surface area contributed by atoms with E-state index < -0.39 is 8.32 Å². The van der Waals surface area contributed by atoms with Crippen molar-refractivity contribution in [2.24, 2.45) is 0 Å². The number of aromatic nitrogens is 1. The summed E-state index contributed by atoms with van der Waals surface area (Å²) in [7, 11) is -0.272. The Morgan fingerprint density at radius 1 is 1.52 bits per heavy atom. The maximum atomic E-state index is 10.9. The molecule has 0 saturated heterocycles. The van der Waals surface area contributed by atoms with Crippen LogP contribution in [0, 0.1) is 0 Å².